The minimum Gasteiger partial charge on any atom is -0.378 e. The second kappa shape index (κ2) is 9.70. The zero-order valence-corrected chi connectivity index (χ0v) is 20.0. The first-order valence-corrected chi connectivity index (χ1v) is 11.2. The van der Waals surface area contributed by atoms with Crippen LogP contribution in [0.3, 0.4) is 0 Å². The van der Waals surface area contributed by atoms with E-state index in [0.29, 0.717) is 26.1 Å². The average Bonchev–Trinajstić information content (AvgIpc) is 3.05. The van der Waals surface area contributed by atoms with Crippen LogP contribution >= 0.6 is 15.9 Å². The molecule has 4 amide bonds. The molecule has 10 heteroatoms. The number of fused-ring (bicyclic) bond motifs is 3. The van der Waals surface area contributed by atoms with Gasteiger partial charge in [0.25, 0.3) is 17.7 Å². The summed E-state index contributed by atoms with van der Waals surface area (Å²) in [5, 5.41) is 3.73. The van der Waals surface area contributed by atoms with E-state index in [1.807, 2.05) is 30.3 Å². The Morgan fingerprint density at radius 1 is 1.09 bits per heavy atom. The molecule has 174 valence electrons. The Hall–Kier alpha value is -3.63. The number of carbonyl (C=O) groups excluding carboxylic acids is 4. The van der Waals surface area contributed by atoms with Crippen LogP contribution in [0.2, 0.25) is 0 Å². The predicted molar refractivity (Wildman–Crippen MR) is 127 cm³/mol. The molecular formula is C24H21BrN4O5. The first-order chi connectivity index (χ1) is 16.3. The fourth-order valence-corrected chi connectivity index (χ4v) is 4.25. The summed E-state index contributed by atoms with van der Waals surface area (Å²) in [6.45, 7) is 1.30. The summed E-state index contributed by atoms with van der Waals surface area (Å²) in [4.78, 5) is 55.9. The van der Waals surface area contributed by atoms with Gasteiger partial charge in [0.1, 0.15) is 6.04 Å². The van der Waals surface area contributed by atoms with Gasteiger partial charge in [-0.25, -0.2) is 4.98 Å². The Kier molecular flexibility index (Phi) is 6.71. The van der Waals surface area contributed by atoms with E-state index in [2.05, 4.69) is 31.7 Å². The smallest absolute Gasteiger partial charge is 0.282 e. The van der Waals surface area contributed by atoms with E-state index in [9.17, 15) is 19.2 Å². The third-order valence-electron chi connectivity index (χ3n) is 5.34. The Bertz CT molecular complexity index is 1310. The topological polar surface area (TPSA) is 118 Å². The number of ether oxygens (including phenoxy) is 1. The molecule has 1 unspecified atom stereocenters. The molecule has 2 aromatic carbocycles. The Morgan fingerprint density at radius 3 is 2.47 bits per heavy atom. The number of nitrogens with zero attached hydrogens (tertiary/aromatic N) is 2. The highest BCUT2D eigenvalue weighted by Crippen LogP contribution is 2.32. The number of carbonyl (C=O) groups is 4. The number of hydrogen-bond donors (Lipinski definition) is 2. The third kappa shape index (κ3) is 4.55. The monoisotopic (exact) mass is 524 g/mol. The molecule has 0 fully saturated rings. The highest BCUT2D eigenvalue weighted by Gasteiger charge is 2.42. The van der Waals surface area contributed by atoms with Crippen molar-refractivity contribution in [1.82, 2.24) is 20.7 Å². The van der Waals surface area contributed by atoms with Crippen LogP contribution in [0.25, 0.3) is 10.9 Å². The minimum absolute atomic E-state index is 0.0116. The maximum atomic E-state index is 13.3. The number of halogens is 1. The van der Waals surface area contributed by atoms with Crippen molar-refractivity contribution in [2.45, 2.75) is 26.0 Å². The van der Waals surface area contributed by atoms with E-state index >= 15 is 0 Å². The molecule has 34 heavy (non-hydrogen) atoms. The summed E-state index contributed by atoms with van der Waals surface area (Å²) >= 11 is 3.38. The van der Waals surface area contributed by atoms with Gasteiger partial charge in [-0.1, -0.05) is 46.3 Å². The van der Waals surface area contributed by atoms with Gasteiger partial charge < -0.3 is 10.1 Å². The average molecular weight is 525 g/mol. The van der Waals surface area contributed by atoms with Crippen LogP contribution in [0.1, 0.15) is 38.9 Å². The molecular weight excluding hydrogens is 504 g/mol. The Labute approximate surface area is 203 Å². The van der Waals surface area contributed by atoms with Crippen molar-refractivity contribution < 1.29 is 23.9 Å². The zero-order valence-electron chi connectivity index (χ0n) is 18.4. The van der Waals surface area contributed by atoms with Crippen LogP contribution in [0, 0.1) is 0 Å². The van der Waals surface area contributed by atoms with E-state index in [1.54, 1.807) is 18.2 Å². The molecule has 2 N–H and O–H groups in total. The molecule has 0 saturated heterocycles. The van der Waals surface area contributed by atoms with Gasteiger partial charge in [0, 0.05) is 30.3 Å². The molecule has 4 rings (SSSR count). The van der Waals surface area contributed by atoms with E-state index < -0.39 is 29.7 Å². The standard InChI is InChI=1S/C24H21BrN4O5/c1-13(30)26-18(10-14-6-4-3-5-7-14)22(31)28-29-23(32)20-16-11-15(25)8-9-17(16)27-19(12-34-2)21(20)24(29)33/h3-9,11,18H,10,12H2,1-2H3,(H,26,30)(H,28,31). The van der Waals surface area contributed by atoms with Gasteiger partial charge in [-0.3, -0.25) is 24.6 Å². The summed E-state index contributed by atoms with van der Waals surface area (Å²) in [6, 6.07) is 13.3. The molecule has 0 radical (unpaired) electrons. The molecule has 0 bridgehead atoms. The molecule has 0 saturated carbocycles. The molecule has 1 aliphatic heterocycles. The van der Waals surface area contributed by atoms with Gasteiger partial charge in [-0.2, -0.15) is 5.01 Å². The first kappa shape index (κ1) is 23.5. The number of methoxy groups -OCH3 is 1. The van der Waals surface area contributed by atoms with Gasteiger partial charge >= 0.3 is 0 Å². The summed E-state index contributed by atoms with van der Waals surface area (Å²) < 4.78 is 5.89. The van der Waals surface area contributed by atoms with Gasteiger partial charge in [-0.05, 0) is 23.8 Å². The van der Waals surface area contributed by atoms with Gasteiger partial charge in [0.2, 0.25) is 5.91 Å². The van der Waals surface area contributed by atoms with Crippen LogP contribution in [-0.2, 0) is 27.4 Å². The highest BCUT2D eigenvalue weighted by molar-refractivity contribution is 9.10. The molecule has 9 nitrogen and oxygen atoms in total. The molecule has 1 aromatic heterocycles. The molecule has 3 aromatic rings. The number of imide groups is 1. The van der Waals surface area contributed by atoms with Crippen LogP contribution in [0.15, 0.2) is 53.0 Å². The van der Waals surface area contributed by atoms with E-state index in [4.69, 9.17) is 4.74 Å². The van der Waals surface area contributed by atoms with Crippen molar-refractivity contribution in [2.75, 3.05) is 7.11 Å². The quantitative estimate of drug-likeness (QED) is 0.458. The Morgan fingerprint density at radius 2 is 1.79 bits per heavy atom. The molecule has 1 aliphatic rings. The predicted octanol–water partition coefficient (Wildman–Crippen LogP) is 2.52. The van der Waals surface area contributed by atoms with Crippen LogP contribution < -0.4 is 10.7 Å². The van der Waals surface area contributed by atoms with Crippen molar-refractivity contribution >= 4 is 50.5 Å². The second-order valence-corrected chi connectivity index (χ2v) is 8.68. The molecule has 2 heterocycles. The van der Waals surface area contributed by atoms with E-state index in [1.165, 1.54) is 14.0 Å². The van der Waals surface area contributed by atoms with E-state index in [0.717, 1.165) is 5.56 Å². The lowest BCUT2D eigenvalue weighted by Gasteiger charge is -2.21. The highest BCUT2D eigenvalue weighted by atomic mass is 79.9. The normalized spacial score (nSPS) is 13.7. The van der Waals surface area contributed by atoms with Crippen molar-refractivity contribution in [3.8, 4) is 0 Å². The van der Waals surface area contributed by atoms with E-state index in [-0.39, 0.29) is 24.2 Å². The zero-order chi connectivity index (χ0) is 24.4. The number of rotatable bonds is 7. The lowest BCUT2D eigenvalue weighted by Crippen LogP contribution is -2.54. The summed E-state index contributed by atoms with van der Waals surface area (Å²) in [5.41, 5.74) is 4.24. The molecule has 0 spiro atoms. The lowest BCUT2D eigenvalue weighted by molar-refractivity contribution is -0.130. The third-order valence-corrected chi connectivity index (χ3v) is 5.83. The maximum absolute atomic E-state index is 13.3. The Balaban J connectivity index is 1.68. The largest absolute Gasteiger partial charge is 0.378 e. The van der Waals surface area contributed by atoms with Gasteiger partial charge in [0.15, 0.2) is 0 Å². The number of hydrogen-bond acceptors (Lipinski definition) is 6. The number of benzene rings is 2. The fourth-order valence-electron chi connectivity index (χ4n) is 3.89. The summed E-state index contributed by atoms with van der Waals surface area (Å²) in [6.07, 6.45) is 0.182. The number of hydrazine groups is 1. The van der Waals surface area contributed by atoms with Crippen LogP contribution in [-0.4, -0.2) is 46.8 Å². The molecule has 0 aliphatic carbocycles. The van der Waals surface area contributed by atoms with Gasteiger partial charge in [-0.15, -0.1) is 0 Å². The minimum atomic E-state index is -0.994. The maximum Gasteiger partial charge on any atom is 0.282 e. The van der Waals surface area contributed by atoms with Gasteiger partial charge in [0.05, 0.1) is 28.9 Å². The van der Waals surface area contributed by atoms with Crippen LogP contribution in [0.4, 0.5) is 0 Å². The number of amides is 4. The number of aromatic nitrogens is 1. The first-order valence-electron chi connectivity index (χ1n) is 10.4. The fraction of sp³-hybridized carbons (Fsp3) is 0.208. The lowest BCUT2D eigenvalue weighted by atomic mass is 10.0. The summed E-state index contributed by atoms with van der Waals surface area (Å²) in [5.74, 6) is -2.50. The van der Waals surface area contributed by atoms with Crippen molar-refractivity contribution in [3.05, 3.63) is 75.4 Å². The number of nitrogens with one attached hydrogen (secondary N) is 2. The summed E-state index contributed by atoms with van der Waals surface area (Å²) in [7, 11) is 1.46. The number of pyridine rings is 1. The van der Waals surface area contributed by atoms with Crippen molar-refractivity contribution in [2.24, 2.45) is 0 Å². The van der Waals surface area contributed by atoms with Crippen molar-refractivity contribution in [3.63, 3.8) is 0 Å². The molecule has 1 atom stereocenters. The SMILES string of the molecule is COCc1nc2ccc(Br)cc2c2c1C(=O)N(NC(=O)C(Cc1ccccc1)NC(C)=O)C2=O. The second-order valence-electron chi connectivity index (χ2n) is 7.77. The van der Waals surface area contributed by atoms with Crippen molar-refractivity contribution in [1.29, 1.82) is 0 Å². The van der Waals surface area contributed by atoms with Crippen LogP contribution in [0.5, 0.6) is 0 Å².